The number of phenolic OH excluding ortho intramolecular Hbond substituents is 1. The maximum absolute atomic E-state index is 12.9. The van der Waals surface area contributed by atoms with Crippen LogP contribution in [0.2, 0.25) is 0 Å². The van der Waals surface area contributed by atoms with Gasteiger partial charge in [0.15, 0.2) is 12.2 Å². The molecule has 4 atom stereocenters. The number of carbonyl (C=O) groups is 4. The molecule has 1 aromatic carbocycles. The Balaban J connectivity index is 1.97. The summed E-state index contributed by atoms with van der Waals surface area (Å²) in [5.41, 5.74) is 6.14. The van der Waals surface area contributed by atoms with Gasteiger partial charge in [-0.15, -0.1) is 0 Å². The fraction of sp³-hybridized carbons (Fsp3) is 0.545. The van der Waals surface area contributed by atoms with Gasteiger partial charge in [0.2, 0.25) is 11.8 Å². The van der Waals surface area contributed by atoms with Crippen LogP contribution >= 0.6 is 0 Å². The fourth-order valence-corrected chi connectivity index (χ4v) is 3.22. The number of primary amides is 1. The summed E-state index contributed by atoms with van der Waals surface area (Å²) in [4.78, 5) is 49.3. The van der Waals surface area contributed by atoms with Crippen LogP contribution in [0.4, 0.5) is 0 Å². The standard InChI is InChI=1S/C22H32N4O7/c1-12(2)10-16(26-22(32)18-17(33-18)21(31)24-8-3-9-27)20(30)25-15(19(23)29)11-13-4-6-14(28)7-5-13/h4-7,12,15-18,27-28H,3,8-11H2,1-2H3,(H2,23,29)(H,24,31)(H,25,30)(H,26,32)/t15-,16-,17+,18?/m0/s1. The van der Waals surface area contributed by atoms with Crippen molar-refractivity contribution in [1.82, 2.24) is 16.0 Å². The molecule has 33 heavy (non-hydrogen) atoms. The smallest absolute Gasteiger partial charge is 0.253 e. The number of aliphatic hydroxyl groups excluding tert-OH is 1. The van der Waals surface area contributed by atoms with E-state index in [1.807, 2.05) is 13.8 Å². The minimum absolute atomic E-state index is 0.0443. The number of amides is 4. The Kier molecular flexibility index (Phi) is 9.61. The van der Waals surface area contributed by atoms with E-state index in [4.69, 9.17) is 15.6 Å². The first-order valence-corrected chi connectivity index (χ1v) is 10.8. The molecule has 11 heteroatoms. The maximum Gasteiger partial charge on any atom is 0.253 e. The van der Waals surface area contributed by atoms with Crippen molar-refractivity contribution in [3.63, 3.8) is 0 Å². The van der Waals surface area contributed by atoms with Gasteiger partial charge in [-0.2, -0.15) is 0 Å². The van der Waals surface area contributed by atoms with Crippen molar-refractivity contribution in [2.75, 3.05) is 13.2 Å². The van der Waals surface area contributed by atoms with Gasteiger partial charge in [0.05, 0.1) is 0 Å². The number of ether oxygens (including phenoxy) is 1. The summed E-state index contributed by atoms with van der Waals surface area (Å²) in [7, 11) is 0. The van der Waals surface area contributed by atoms with E-state index >= 15 is 0 Å². The fourth-order valence-electron chi connectivity index (χ4n) is 3.22. The summed E-state index contributed by atoms with van der Waals surface area (Å²) in [6, 6.07) is 4.17. The highest BCUT2D eigenvalue weighted by Gasteiger charge is 2.50. The zero-order valence-corrected chi connectivity index (χ0v) is 18.7. The number of nitrogens with one attached hydrogen (secondary N) is 3. The zero-order valence-electron chi connectivity index (χ0n) is 18.7. The van der Waals surface area contributed by atoms with Crippen molar-refractivity contribution in [3.05, 3.63) is 29.8 Å². The van der Waals surface area contributed by atoms with Crippen LogP contribution in [0.1, 0.15) is 32.3 Å². The van der Waals surface area contributed by atoms with Crippen molar-refractivity contribution < 1.29 is 34.1 Å². The molecule has 1 saturated heterocycles. The predicted octanol–water partition coefficient (Wildman–Crippen LogP) is -1.30. The summed E-state index contributed by atoms with van der Waals surface area (Å²) in [5.74, 6) is -2.27. The van der Waals surface area contributed by atoms with Crippen molar-refractivity contribution >= 4 is 23.6 Å². The Morgan fingerprint density at radius 2 is 1.67 bits per heavy atom. The highest BCUT2D eigenvalue weighted by atomic mass is 16.6. The predicted molar refractivity (Wildman–Crippen MR) is 118 cm³/mol. The minimum atomic E-state index is -1.02. The van der Waals surface area contributed by atoms with Crippen LogP contribution < -0.4 is 21.7 Å². The summed E-state index contributed by atoms with van der Waals surface area (Å²) >= 11 is 0. The second-order valence-electron chi connectivity index (χ2n) is 8.37. The molecule has 0 spiro atoms. The Bertz CT molecular complexity index is 844. The van der Waals surface area contributed by atoms with E-state index < -0.39 is 47.9 Å². The van der Waals surface area contributed by atoms with E-state index in [0.717, 1.165) is 0 Å². The van der Waals surface area contributed by atoms with E-state index in [1.165, 1.54) is 12.1 Å². The monoisotopic (exact) mass is 464 g/mol. The van der Waals surface area contributed by atoms with Gasteiger partial charge in [-0.1, -0.05) is 26.0 Å². The van der Waals surface area contributed by atoms with Gasteiger partial charge in [0.25, 0.3) is 11.8 Å². The van der Waals surface area contributed by atoms with Gasteiger partial charge in [-0.3, -0.25) is 19.2 Å². The van der Waals surface area contributed by atoms with Gasteiger partial charge < -0.3 is 36.6 Å². The molecule has 182 valence electrons. The average Bonchev–Trinajstić information content (AvgIpc) is 3.55. The summed E-state index contributed by atoms with van der Waals surface area (Å²) in [5, 5.41) is 25.9. The molecule has 4 amide bonds. The summed E-state index contributed by atoms with van der Waals surface area (Å²) < 4.78 is 5.15. The number of benzene rings is 1. The van der Waals surface area contributed by atoms with Gasteiger partial charge in [-0.25, -0.2) is 0 Å². The van der Waals surface area contributed by atoms with Crippen molar-refractivity contribution in [1.29, 1.82) is 0 Å². The molecular weight excluding hydrogens is 432 g/mol. The lowest BCUT2D eigenvalue weighted by Crippen LogP contribution is -2.54. The quantitative estimate of drug-likeness (QED) is 0.155. The largest absolute Gasteiger partial charge is 0.508 e. The van der Waals surface area contributed by atoms with E-state index in [1.54, 1.807) is 12.1 Å². The molecule has 1 unspecified atom stereocenters. The number of carbonyl (C=O) groups excluding carboxylic acids is 4. The van der Waals surface area contributed by atoms with Gasteiger partial charge in [-0.05, 0) is 36.5 Å². The first-order valence-electron chi connectivity index (χ1n) is 10.8. The summed E-state index contributed by atoms with van der Waals surface area (Å²) in [6.45, 7) is 3.94. The van der Waals surface area contributed by atoms with Gasteiger partial charge in [0, 0.05) is 19.6 Å². The van der Waals surface area contributed by atoms with Crippen LogP contribution in [0.3, 0.4) is 0 Å². The number of epoxide rings is 1. The SMILES string of the molecule is CC(C)C[C@H](NC(=O)C1O[C@H]1C(=O)NCCCO)C(=O)N[C@@H](Cc1ccc(O)cc1)C(N)=O. The Morgan fingerprint density at radius 1 is 1.03 bits per heavy atom. The normalized spacial score (nSPS) is 18.8. The van der Waals surface area contributed by atoms with Crippen molar-refractivity contribution in [3.8, 4) is 5.75 Å². The van der Waals surface area contributed by atoms with E-state index in [9.17, 15) is 24.3 Å². The third kappa shape index (κ3) is 8.35. The van der Waals surface area contributed by atoms with E-state index in [0.29, 0.717) is 18.4 Å². The molecule has 0 saturated carbocycles. The molecule has 7 N–H and O–H groups in total. The van der Waals surface area contributed by atoms with Crippen molar-refractivity contribution in [2.24, 2.45) is 11.7 Å². The lowest BCUT2D eigenvalue weighted by atomic mass is 10.0. The van der Waals surface area contributed by atoms with Crippen LogP contribution in [-0.2, 0) is 30.3 Å². The molecule has 0 radical (unpaired) electrons. The van der Waals surface area contributed by atoms with Gasteiger partial charge in [0.1, 0.15) is 17.8 Å². The third-order valence-corrected chi connectivity index (χ3v) is 5.02. The number of hydrogen-bond donors (Lipinski definition) is 6. The van der Waals surface area contributed by atoms with E-state index in [2.05, 4.69) is 16.0 Å². The first kappa shape index (κ1) is 26.1. The number of aliphatic hydroxyl groups is 1. The topological polar surface area (TPSA) is 183 Å². The summed E-state index contributed by atoms with van der Waals surface area (Å²) in [6.07, 6.45) is -1.16. The molecule has 1 aliphatic rings. The number of phenols is 1. The first-order chi connectivity index (χ1) is 15.6. The number of aromatic hydroxyl groups is 1. The lowest BCUT2D eigenvalue weighted by molar-refractivity contribution is -0.132. The maximum atomic E-state index is 12.9. The Hall–Kier alpha value is -3.18. The van der Waals surface area contributed by atoms with Crippen LogP contribution in [0.5, 0.6) is 5.75 Å². The second kappa shape index (κ2) is 12.2. The van der Waals surface area contributed by atoms with Gasteiger partial charge >= 0.3 is 0 Å². The average molecular weight is 465 g/mol. The molecule has 1 heterocycles. The number of nitrogens with two attached hydrogens (primary N) is 1. The van der Waals surface area contributed by atoms with Crippen LogP contribution in [0.15, 0.2) is 24.3 Å². The molecule has 2 rings (SSSR count). The lowest BCUT2D eigenvalue weighted by Gasteiger charge is -2.23. The van der Waals surface area contributed by atoms with Crippen LogP contribution in [-0.4, -0.2) is 71.3 Å². The second-order valence-corrected chi connectivity index (χ2v) is 8.37. The highest BCUT2D eigenvalue weighted by Crippen LogP contribution is 2.23. The molecule has 1 fully saturated rings. The highest BCUT2D eigenvalue weighted by molar-refractivity contribution is 5.97. The number of rotatable bonds is 13. The molecule has 0 bridgehead atoms. The van der Waals surface area contributed by atoms with Crippen molar-refractivity contribution in [2.45, 2.75) is 57.4 Å². The Labute approximate surface area is 192 Å². The Morgan fingerprint density at radius 3 is 2.24 bits per heavy atom. The van der Waals surface area contributed by atoms with Crippen LogP contribution in [0.25, 0.3) is 0 Å². The van der Waals surface area contributed by atoms with Crippen LogP contribution in [0, 0.1) is 5.92 Å². The molecule has 11 nitrogen and oxygen atoms in total. The molecule has 0 aliphatic carbocycles. The molecular formula is C22H32N4O7. The van der Waals surface area contributed by atoms with E-state index in [-0.39, 0.29) is 31.2 Å². The molecule has 0 aromatic heterocycles. The zero-order chi connectivity index (χ0) is 24.5. The minimum Gasteiger partial charge on any atom is -0.508 e. The number of hydrogen-bond acceptors (Lipinski definition) is 7. The molecule has 1 aliphatic heterocycles. The molecule has 1 aromatic rings. The third-order valence-electron chi connectivity index (χ3n) is 5.02.